The number of amides is 1. The van der Waals surface area contributed by atoms with Gasteiger partial charge in [0.25, 0.3) is 0 Å². The van der Waals surface area contributed by atoms with Crippen LogP contribution >= 0.6 is 0 Å². The molecule has 1 amide bonds. The second-order valence-electron chi connectivity index (χ2n) is 4.62. The van der Waals surface area contributed by atoms with E-state index in [-0.39, 0.29) is 11.9 Å². The molecule has 0 aromatic carbocycles. The number of carbonyl (C=O) groups is 1. The van der Waals surface area contributed by atoms with Crippen LogP contribution in [0.1, 0.15) is 26.7 Å². The van der Waals surface area contributed by atoms with Crippen molar-refractivity contribution in [2.24, 2.45) is 0 Å². The lowest BCUT2D eigenvalue weighted by atomic mass is 10.2. The number of nitrogens with zero attached hydrogens (tertiary/aromatic N) is 1. The van der Waals surface area contributed by atoms with Crippen molar-refractivity contribution in [1.29, 1.82) is 0 Å². The molecule has 0 spiro atoms. The van der Waals surface area contributed by atoms with Crippen LogP contribution < -0.4 is 5.32 Å². The summed E-state index contributed by atoms with van der Waals surface area (Å²) in [5.74, 6) is 0.891. The number of hydrogen-bond acceptors (Lipinski definition) is 3. The molecule has 94 valence electrons. The van der Waals surface area contributed by atoms with Gasteiger partial charge in [-0.05, 0) is 12.8 Å². The quantitative estimate of drug-likeness (QED) is 0.736. The molecule has 1 saturated heterocycles. The Hall–Kier alpha value is -0.420. The van der Waals surface area contributed by atoms with Crippen LogP contribution in [0.3, 0.4) is 0 Å². The molecule has 16 heavy (non-hydrogen) atoms. The number of likely N-dealkylation sites (tertiary alicyclic amines) is 1. The van der Waals surface area contributed by atoms with E-state index < -0.39 is 10.8 Å². The first-order valence-electron chi connectivity index (χ1n) is 5.85. The third-order valence-corrected chi connectivity index (χ3v) is 3.56. The zero-order valence-corrected chi connectivity index (χ0v) is 11.2. The van der Waals surface area contributed by atoms with Crippen LogP contribution in [-0.4, -0.2) is 52.2 Å². The minimum absolute atomic E-state index is 0.00729. The zero-order valence-electron chi connectivity index (χ0n) is 10.4. The van der Waals surface area contributed by atoms with Gasteiger partial charge in [-0.2, -0.15) is 0 Å². The van der Waals surface area contributed by atoms with E-state index in [2.05, 4.69) is 19.2 Å². The van der Waals surface area contributed by atoms with Crippen LogP contribution in [0.4, 0.5) is 0 Å². The average Bonchev–Trinajstić information content (AvgIpc) is 2.48. The normalized spacial score (nSPS) is 23.1. The summed E-state index contributed by atoms with van der Waals surface area (Å²) in [5, 5.41) is 3.27. The molecule has 1 heterocycles. The highest BCUT2D eigenvalue weighted by molar-refractivity contribution is 7.84. The highest BCUT2D eigenvalue weighted by Gasteiger charge is 2.30. The van der Waals surface area contributed by atoms with Gasteiger partial charge in [0, 0.05) is 41.9 Å². The second kappa shape index (κ2) is 6.35. The van der Waals surface area contributed by atoms with Crippen LogP contribution in [-0.2, 0) is 15.6 Å². The van der Waals surface area contributed by atoms with Crippen LogP contribution in [0, 0.1) is 0 Å². The SMILES string of the molecule is CC(C)NC1CCN(CCCS(C)=O)C1=O. The van der Waals surface area contributed by atoms with Crippen molar-refractivity contribution in [3.63, 3.8) is 0 Å². The van der Waals surface area contributed by atoms with E-state index in [1.807, 2.05) is 4.90 Å². The van der Waals surface area contributed by atoms with Crippen LogP contribution in [0.5, 0.6) is 0 Å². The number of nitrogens with one attached hydrogen (secondary N) is 1. The highest BCUT2D eigenvalue weighted by Crippen LogP contribution is 2.12. The first kappa shape index (κ1) is 13.6. The fraction of sp³-hybridized carbons (Fsp3) is 0.909. The Morgan fingerprint density at radius 2 is 2.25 bits per heavy atom. The second-order valence-corrected chi connectivity index (χ2v) is 6.17. The molecular weight excluding hydrogens is 224 g/mol. The Morgan fingerprint density at radius 1 is 1.56 bits per heavy atom. The van der Waals surface area contributed by atoms with Crippen molar-refractivity contribution >= 4 is 16.7 Å². The largest absolute Gasteiger partial charge is 0.341 e. The van der Waals surface area contributed by atoms with Crippen molar-refractivity contribution in [2.75, 3.05) is 25.1 Å². The number of hydrogen-bond donors (Lipinski definition) is 1. The van der Waals surface area contributed by atoms with E-state index >= 15 is 0 Å². The van der Waals surface area contributed by atoms with Crippen molar-refractivity contribution < 1.29 is 9.00 Å². The molecule has 1 rings (SSSR count). The maximum Gasteiger partial charge on any atom is 0.239 e. The lowest BCUT2D eigenvalue weighted by molar-refractivity contribution is -0.129. The molecule has 0 bridgehead atoms. The average molecular weight is 246 g/mol. The molecule has 0 aromatic rings. The molecule has 0 aromatic heterocycles. The summed E-state index contributed by atoms with van der Waals surface area (Å²) in [4.78, 5) is 13.8. The number of carbonyl (C=O) groups excluding carboxylic acids is 1. The Labute approximate surface area is 100 Å². The van der Waals surface area contributed by atoms with E-state index in [1.165, 1.54) is 0 Å². The van der Waals surface area contributed by atoms with Crippen molar-refractivity contribution in [3.05, 3.63) is 0 Å². The third-order valence-electron chi connectivity index (χ3n) is 2.69. The highest BCUT2D eigenvalue weighted by atomic mass is 32.2. The zero-order chi connectivity index (χ0) is 12.1. The van der Waals surface area contributed by atoms with Crippen molar-refractivity contribution in [3.8, 4) is 0 Å². The van der Waals surface area contributed by atoms with E-state index in [9.17, 15) is 9.00 Å². The monoisotopic (exact) mass is 246 g/mol. The maximum atomic E-state index is 11.9. The van der Waals surface area contributed by atoms with Gasteiger partial charge in [-0.15, -0.1) is 0 Å². The van der Waals surface area contributed by atoms with Gasteiger partial charge < -0.3 is 10.2 Å². The first-order valence-corrected chi connectivity index (χ1v) is 7.58. The lowest BCUT2D eigenvalue weighted by Gasteiger charge is -2.18. The molecule has 0 radical (unpaired) electrons. The molecular formula is C11H22N2O2S. The van der Waals surface area contributed by atoms with E-state index in [0.29, 0.717) is 11.8 Å². The summed E-state index contributed by atoms with van der Waals surface area (Å²) in [6.45, 7) is 5.68. The summed E-state index contributed by atoms with van der Waals surface area (Å²) >= 11 is 0. The predicted octanol–water partition coefficient (Wildman–Crippen LogP) is 0.354. The first-order chi connectivity index (χ1) is 7.50. The standard InChI is InChI=1S/C11H22N2O2S/c1-9(2)12-10-5-7-13(11(10)14)6-4-8-16(3)15/h9-10,12H,4-8H2,1-3H3. The molecule has 2 atom stereocenters. The molecule has 0 aliphatic carbocycles. The lowest BCUT2D eigenvalue weighted by Crippen LogP contribution is -2.41. The summed E-state index contributed by atoms with van der Waals surface area (Å²) in [6.07, 6.45) is 3.43. The molecule has 1 fully saturated rings. The van der Waals surface area contributed by atoms with Crippen molar-refractivity contribution in [1.82, 2.24) is 10.2 Å². The predicted molar refractivity (Wildman–Crippen MR) is 66.8 cm³/mol. The Morgan fingerprint density at radius 3 is 2.81 bits per heavy atom. The molecule has 0 saturated carbocycles. The molecule has 5 heteroatoms. The Balaban J connectivity index is 2.30. The fourth-order valence-corrected chi connectivity index (χ4v) is 2.51. The van der Waals surface area contributed by atoms with Gasteiger partial charge in [0.15, 0.2) is 0 Å². The van der Waals surface area contributed by atoms with Gasteiger partial charge >= 0.3 is 0 Å². The topological polar surface area (TPSA) is 49.4 Å². The van der Waals surface area contributed by atoms with Crippen molar-refractivity contribution in [2.45, 2.75) is 38.8 Å². The molecule has 4 nitrogen and oxygen atoms in total. The van der Waals surface area contributed by atoms with Gasteiger partial charge in [0.2, 0.25) is 5.91 Å². The van der Waals surface area contributed by atoms with Crippen LogP contribution in [0.25, 0.3) is 0 Å². The molecule has 1 aliphatic rings. The van der Waals surface area contributed by atoms with E-state index in [0.717, 1.165) is 25.9 Å². The van der Waals surface area contributed by atoms with Crippen LogP contribution in [0.15, 0.2) is 0 Å². The minimum Gasteiger partial charge on any atom is -0.341 e. The molecule has 1 aliphatic heterocycles. The Kier molecular flexibility index (Phi) is 5.41. The molecule has 1 N–H and O–H groups in total. The smallest absolute Gasteiger partial charge is 0.239 e. The summed E-state index contributed by atoms with van der Waals surface area (Å²) < 4.78 is 10.9. The van der Waals surface area contributed by atoms with Crippen LogP contribution in [0.2, 0.25) is 0 Å². The number of rotatable bonds is 6. The fourth-order valence-electron chi connectivity index (χ4n) is 1.98. The summed E-state index contributed by atoms with van der Waals surface area (Å²) in [6, 6.07) is 0.337. The van der Waals surface area contributed by atoms with Gasteiger partial charge in [-0.25, -0.2) is 0 Å². The Bertz CT molecular complexity index is 269. The van der Waals surface area contributed by atoms with E-state index in [4.69, 9.17) is 0 Å². The van der Waals surface area contributed by atoms with Gasteiger partial charge in [0.05, 0.1) is 6.04 Å². The summed E-state index contributed by atoms with van der Waals surface area (Å²) in [5.41, 5.74) is 0. The van der Waals surface area contributed by atoms with Gasteiger partial charge in [-0.3, -0.25) is 9.00 Å². The third kappa shape index (κ3) is 4.22. The summed E-state index contributed by atoms with van der Waals surface area (Å²) in [7, 11) is -0.748. The van der Waals surface area contributed by atoms with Gasteiger partial charge in [-0.1, -0.05) is 13.8 Å². The maximum absolute atomic E-state index is 11.9. The minimum atomic E-state index is -0.748. The van der Waals surface area contributed by atoms with E-state index in [1.54, 1.807) is 6.26 Å². The van der Waals surface area contributed by atoms with Gasteiger partial charge in [0.1, 0.15) is 0 Å². The molecule has 2 unspecified atom stereocenters.